The van der Waals surface area contributed by atoms with Gasteiger partial charge in [-0.1, -0.05) is 41.5 Å². The van der Waals surface area contributed by atoms with Gasteiger partial charge in [0.2, 0.25) is 12.0 Å². The van der Waals surface area contributed by atoms with Crippen LogP contribution in [0.15, 0.2) is 11.8 Å². The lowest BCUT2D eigenvalue weighted by Gasteiger charge is -2.46. The third-order valence-corrected chi connectivity index (χ3v) is 9.21. The molecule has 0 aromatic rings. The van der Waals surface area contributed by atoms with Crippen LogP contribution in [-0.2, 0) is 28.5 Å². The number of carbonyl (C=O) groups is 1. The quantitative estimate of drug-likeness (QED) is 0.550. The molecule has 0 saturated carbocycles. The van der Waals surface area contributed by atoms with E-state index >= 15 is 0 Å². The Kier molecular flexibility index (Phi) is 9.10. The standard InChI is InChI=1S/C27H46O7/c1-13-10-24(25(28)29)34-26(14(13)2)31-12-23-21(9)32-20(8)18(6)22(23)11-30-27-17(5)15(3)16(4)19(7)33-27/h10,13-23,26-27H,11-12H2,1-9H3,(H,28,29)/t13-,14?,15+,16+,17?,18-,19?,20?,21?,22-,23?,26-,27-/m1/s1. The van der Waals surface area contributed by atoms with Gasteiger partial charge in [-0.2, -0.15) is 0 Å². The largest absolute Gasteiger partial charge is 0.475 e. The summed E-state index contributed by atoms with van der Waals surface area (Å²) in [5.41, 5.74) is 0. The second kappa shape index (κ2) is 11.3. The Hall–Kier alpha value is -1.15. The average Bonchev–Trinajstić information content (AvgIpc) is 2.78. The lowest BCUT2D eigenvalue weighted by atomic mass is 9.75. The van der Waals surface area contributed by atoms with E-state index in [0.29, 0.717) is 31.0 Å². The molecule has 34 heavy (non-hydrogen) atoms. The second-order valence-corrected chi connectivity index (χ2v) is 11.2. The van der Waals surface area contributed by atoms with Crippen LogP contribution in [0, 0.1) is 47.3 Å². The minimum Gasteiger partial charge on any atom is -0.475 e. The molecule has 0 bridgehead atoms. The molecule has 7 nitrogen and oxygen atoms in total. The zero-order valence-electron chi connectivity index (χ0n) is 22.4. The van der Waals surface area contributed by atoms with Crippen molar-refractivity contribution in [2.75, 3.05) is 13.2 Å². The summed E-state index contributed by atoms with van der Waals surface area (Å²) in [6, 6.07) is 0. The monoisotopic (exact) mass is 482 g/mol. The van der Waals surface area contributed by atoms with E-state index in [4.69, 9.17) is 23.7 Å². The molecule has 1 N–H and O–H groups in total. The van der Waals surface area contributed by atoms with Gasteiger partial charge in [-0.3, -0.25) is 0 Å². The van der Waals surface area contributed by atoms with Gasteiger partial charge in [0.05, 0.1) is 31.5 Å². The summed E-state index contributed by atoms with van der Waals surface area (Å²) >= 11 is 0. The Morgan fingerprint density at radius 1 is 0.735 bits per heavy atom. The summed E-state index contributed by atoms with van der Waals surface area (Å²) in [6.45, 7) is 20.3. The predicted molar refractivity (Wildman–Crippen MR) is 129 cm³/mol. The highest BCUT2D eigenvalue weighted by atomic mass is 16.7. The summed E-state index contributed by atoms with van der Waals surface area (Å²) in [4.78, 5) is 11.5. The van der Waals surface area contributed by atoms with Crippen LogP contribution in [0.1, 0.15) is 62.3 Å². The van der Waals surface area contributed by atoms with Crippen LogP contribution < -0.4 is 0 Å². The highest BCUT2D eigenvalue weighted by molar-refractivity contribution is 5.84. The number of carboxylic acids is 1. The summed E-state index contributed by atoms with van der Waals surface area (Å²) in [5.74, 6) is 0.981. The number of hydrogen-bond acceptors (Lipinski definition) is 6. The van der Waals surface area contributed by atoms with Crippen molar-refractivity contribution in [3.63, 3.8) is 0 Å². The van der Waals surface area contributed by atoms with Crippen molar-refractivity contribution in [1.29, 1.82) is 0 Å². The molecule has 3 aliphatic heterocycles. The first-order valence-corrected chi connectivity index (χ1v) is 13.1. The summed E-state index contributed by atoms with van der Waals surface area (Å²) in [7, 11) is 0. The third kappa shape index (κ3) is 5.80. The van der Waals surface area contributed by atoms with Crippen molar-refractivity contribution >= 4 is 5.97 Å². The molecule has 0 aromatic carbocycles. The first-order chi connectivity index (χ1) is 15.9. The van der Waals surface area contributed by atoms with Gasteiger partial charge in [-0.25, -0.2) is 4.79 Å². The number of allylic oxidation sites excluding steroid dienone is 1. The Morgan fingerprint density at radius 2 is 1.32 bits per heavy atom. The molecule has 7 heteroatoms. The molecule has 0 radical (unpaired) electrons. The van der Waals surface area contributed by atoms with Crippen LogP contribution in [0.5, 0.6) is 0 Å². The van der Waals surface area contributed by atoms with Crippen LogP contribution in [0.2, 0.25) is 0 Å². The lowest BCUT2D eigenvalue weighted by Crippen LogP contribution is -2.50. The maximum Gasteiger partial charge on any atom is 0.370 e. The summed E-state index contributed by atoms with van der Waals surface area (Å²) in [6.07, 6.45) is 1.13. The van der Waals surface area contributed by atoms with Crippen LogP contribution >= 0.6 is 0 Å². The zero-order valence-corrected chi connectivity index (χ0v) is 22.4. The molecule has 2 fully saturated rings. The van der Waals surface area contributed by atoms with Crippen LogP contribution in [0.3, 0.4) is 0 Å². The molecule has 3 heterocycles. The third-order valence-electron chi connectivity index (χ3n) is 9.21. The van der Waals surface area contributed by atoms with Gasteiger partial charge in [0, 0.05) is 17.8 Å². The fourth-order valence-corrected chi connectivity index (χ4v) is 5.62. The zero-order chi connectivity index (χ0) is 25.3. The first kappa shape index (κ1) is 27.4. The second-order valence-electron chi connectivity index (χ2n) is 11.2. The van der Waals surface area contributed by atoms with Crippen molar-refractivity contribution in [1.82, 2.24) is 0 Å². The molecule has 0 spiro atoms. The van der Waals surface area contributed by atoms with E-state index in [9.17, 15) is 9.90 Å². The molecule has 3 rings (SSSR count). The molecular weight excluding hydrogens is 436 g/mol. The minimum atomic E-state index is -1.06. The first-order valence-electron chi connectivity index (χ1n) is 13.1. The van der Waals surface area contributed by atoms with Gasteiger partial charge in [0.25, 0.3) is 0 Å². The fourth-order valence-electron chi connectivity index (χ4n) is 5.62. The number of hydrogen-bond donors (Lipinski definition) is 1. The van der Waals surface area contributed by atoms with Crippen molar-refractivity contribution in [2.45, 2.75) is 93.2 Å². The van der Waals surface area contributed by atoms with E-state index in [1.165, 1.54) is 0 Å². The summed E-state index contributed by atoms with van der Waals surface area (Å²) < 4.78 is 30.9. The van der Waals surface area contributed by atoms with Crippen molar-refractivity contribution in [2.24, 2.45) is 47.3 Å². The van der Waals surface area contributed by atoms with Gasteiger partial charge in [-0.05, 0) is 56.4 Å². The molecule has 2 saturated heterocycles. The van der Waals surface area contributed by atoms with E-state index in [0.717, 1.165) is 0 Å². The summed E-state index contributed by atoms with van der Waals surface area (Å²) in [5, 5.41) is 9.40. The van der Waals surface area contributed by atoms with Crippen LogP contribution in [0.4, 0.5) is 0 Å². The Bertz CT molecular complexity index is 724. The fraction of sp³-hybridized carbons (Fsp3) is 0.889. The highest BCUT2D eigenvalue weighted by Crippen LogP contribution is 2.40. The van der Waals surface area contributed by atoms with Crippen LogP contribution in [0.25, 0.3) is 0 Å². The average molecular weight is 483 g/mol. The van der Waals surface area contributed by atoms with E-state index in [1.54, 1.807) is 6.08 Å². The maximum atomic E-state index is 11.5. The van der Waals surface area contributed by atoms with Crippen molar-refractivity contribution < 1.29 is 33.6 Å². The van der Waals surface area contributed by atoms with Gasteiger partial charge >= 0.3 is 5.97 Å². The van der Waals surface area contributed by atoms with Gasteiger partial charge in [-0.15, -0.1) is 0 Å². The maximum absolute atomic E-state index is 11.5. The molecular formula is C27H46O7. The van der Waals surface area contributed by atoms with E-state index in [2.05, 4.69) is 48.5 Å². The number of carboxylic acid groups (broad SMARTS) is 1. The number of aliphatic carboxylic acids is 1. The predicted octanol–water partition coefficient (Wildman–Crippen LogP) is 4.95. The van der Waals surface area contributed by atoms with E-state index in [1.807, 2.05) is 13.8 Å². The molecule has 3 aliphatic rings. The highest BCUT2D eigenvalue weighted by Gasteiger charge is 2.44. The van der Waals surface area contributed by atoms with E-state index < -0.39 is 12.3 Å². The van der Waals surface area contributed by atoms with Crippen molar-refractivity contribution in [3.05, 3.63) is 11.8 Å². The Balaban J connectivity index is 1.67. The number of ether oxygens (including phenoxy) is 5. The van der Waals surface area contributed by atoms with Gasteiger partial charge < -0.3 is 28.8 Å². The molecule has 6 unspecified atom stereocenters. The Morgan fingerprint density at radius 3 is 1.97 bits per heavy atom. The van der Waals surface area contributed by atoms with E-state index in [-0.39, 0.29) is 60.0 Å². The minimum absolute atomic E-state index is 0.00632. The smallest absolute Gasteiger partial charge is 0.370 e. The van der Waals surface area contributed by atoms with Gasteiger partial charge in [0.1, 0.15) is 0 Å². The molecule has 196 valence electrons. The Labute approximate surface area is 205 Å². The molecule has 13 atom stereocenters. The van der Waals surface area contributed by atoms with Crippen LogP contribution in [-0.4, -0.2) is 55.2 Å². The topological polar surface area (TPSA) is 83.5 Å². The molecule has 0 aromatic heterocycles. The SMILES string of the molecule is CC1OC(C)[C@@H](C)[C@@H](CO[C@@H]2OC(C)[C@@H](C)[C@H](C)C2C)C1CO[C@@H]1OC(C(=O)O)=C[C@@H](C)C1C. The van der Waals surface area contributed by atoms with Gasteiger partial charge in [0.15, 0.2) is 6.29 Å². The molecule has 0 aliphatic carbocycles. The number of rotatable bonds is 7. The normalized spacial score (nSPS) is 47.6. The molecule has 0 amide bonds. The van der Waals surface area contributed by atoms with Crippen molar-refractivity contribution in [3.8, 4) is 0 Å². The lowest BCUT2D eigenvalue weighted by molar-refractivity contribution is -0.261.